The first-order valence-electron chi connectivity index (χ1n) is 8.93. The van der Waals surface area contributed by atoms with Crippen molar-refractivity contribution in [1.29, 1.82) is 0 Å². The van der Waals surface area contributed by atoms with E-state index in [1.807, 2.05) is 0 Å². The first-order valence-corrected chi connectivity index (χ1v) is 14.6. The molecule has 21 heteroatoms. The summed E-state index contributed by atoms with van der Waals surface area (Å²) in [6, 6.07) is -0.295. The van der Waals surface area contributed by atoms with Crippen molar-refractivity contribution in [2.45, 2.75) is 43.9 Å². The van der Waals surface area contributed by atoms with Crippen LogP contribution in [0.2, 0.25) is 0 Å². The Morgan fingerprint density at radius 1 is 1.33 bits per heavy atom. The molecule has 9 N–H and O–H groups in total. The van der Waals surface area contributed by atoms with E-state index in [9.17, 15) is 29.1 Å². The number of hydrogen-bond acceptors (Lipinski definition) is 13. The number of hydrogen-bond donors (Lipinski definition) is 8. The SMILES string of the molecule is CC1NC(N)=Nc2c1ncn2[C@@H]1O[C@H](COP(O)(=S)OP(=O)(O)OP(=O)(O)O)[C@@H](O)[C@@]1(C)O. The van der Waals surface area contributed by atoms with E-state index in [1.54, 1.807) is 6.92 Å². The van der Waals surface area contributed by atoms with Gasteiger partial charge in [-0.1, -0.05) is 0 Å². The summed E-state index contributed by atoms with van der Waals surface area (Å²) >= 11 is 4.53. The highest BCUT2D eigenvalue weighted by Gasteiger charge is 2.54. The van der Waals surface area contributed by atoms with Crippen molar-refractivity contribution in [1.82, 2.24) is 14.9 Å². The second kappa shape index (κ2) is 9.00. The lowest BCUT2D eigenvalue weighted by molar-refractivity contribution is -0.0957. The van der Waals surface area contributed by atoms with Gasteiger partial charge >= 0.3 is 22.4 Å². The second-order valence-electron chi connectivity index (χ2n) is 7.31. The van der Waals surface area contributed by atoms with Gasteiger partial charge in [0.2, 0.25) is 0 Å². The molecule has 33 heavy (non-hydrogen) atoms. The average molecular weight is 553 g/mol. The first kappa shape index (κ1) is 26.8. The first-order chi connectivity index (χ1) is 14.9. The number of aliphatic hydroxyl groups excluding tert-OH is 1. The zero-order valence-corrected chi connectivity index (χ0v) is 20.4. The van der Waals surface area contributed by atoms with Crippen LogP contribution >= 0.6 is 22.4 Å². The number of nitrogens with one attached hydrogen (secondary N) is 1. The average Bonchev–Trinajstić information content (AvgIpc) is 3.10. The predicted octanol–water partition coefficient (Wildman–Crippen LogP) is -1.04. The topological polar surface area (TPSA) is 261 Å². The van der Waals surface area contributed by atoms with Crippen LogP contribution in [0.15, 0.2) is 11.3 Å². The van der Waals surface area contributed by atoms with Gasteiger partial charge in [0, 0.05) is 0 Å². The summed E-state index contributed by atoms with van der Waals surface area (Å²) in [5, 5.41) is 24.3. The summed E-state index contributed by atoms with van der Waals surface area (Å²) in [5.74, 6) is 0.364. The summed E-state index contributed by atoms with van der Waals surface area (Å²) in [6.07, 6.45) is -2.90. The second-order valence-corrected chi connectivity index (χ2v) is 13.1. The molecule has 0 saturated carbocycles. The Hall–Kier alpha value is -0.810. The number of guanidine groups is 1. The molecule has 17 nitrogen and oxygen atoms in total. The number of fused-ring (bicyclic) bond motifs is 1. The largest absolute Gasteiger partial charge is 0.488 e. The highest BCUT2D eigenvalue weighted by atomic mass is 32.5. The van der Waals surface area contributed by atoms with E-state index >= 15 is 0 Å². The lowest BCUT2D eigenvalue weighted by Gasteiger charge is -2.28. The van der Waals surface area contributed by atoms with Gasteiger partial charge in [-0.05, 0) is 25.7 Å². The molecule has 1 saturated heterocycles. The molecule has 1 fully saturated rings. The number of phosphoric acid groups is 2. The van der Waals surface area contributed by atoms with Crippen LogP contribution in [-0.4, -0.2) is 69.7 Å². The number of aliphatic imine (C=N–C) groups is 1. The standard InChI is InChI=1S/C12H22N5O12P3S/c1-5-7-9(16-11(13)15-5)17(4-14-7)10-12(2,19)8(18)6(27-10)3-26-32(25,33)29-31(23,24)28-30(20,21)22/h4-6,8,10,18-19H,3H2,1-2H3,(H,23,24)(H,25,33)(H3,13,15,16)(H2,20,21,22)/t5?,6-,8-,10-,12-,32?/m1/s1. The molecule has 0 aromatic carbocycles. The molecule has 3 heterocycles. The van der Waals surface area contributed by atoms with Gasteiger partial charge in [-0.3, -0.25) is 4.57 Å². The van der Waals surface area contributed by atoms with E-state index in [0.717, 1.165) is 0 Å². The van der Waals surface area contributed by atoms with Gasteiger partial charge < -0.3 is 50.1 Å². The minimum atomic E-state index is -5.50. The van der Waals surface area contributed by atoms with Crippen molar-refractivity contribution in [3.8, 4) is 0 Å². The van der Waals surface area contributed by atoms with E-state index in [2.05, 4.69) is 35.7 Å². The van der Waals surface area contributed by atoms with Gasteiger partial charge in [0.05, 0.1) is 19.0 Å². The molecule has 3 rings (SSSR count). The Balaban J connectivity index is 1.74. The number of aliphatic hydroxyl groups is 2. The van der Waals surface area contributed by atoms with Crippen molar-refractivity contribution in [3.05, 3.63) is 12.0 Å². The number of ether oxygens (including phenoxy) is 1. The molecule has 0 bridgehead atoms. The Labute approximate surface area is 191 Å². The van der Waals surface area contributed by atoms with E-state index in [4.69, 9.17) is 24.8 Å². The van der Waals surface area contributed by atoms with Crippen LogP contribution in [0.3, 0.4) is 0 Å². The number of imidazole rings is 1. The maximum absolute atomic E-state index is 11.6. The van der Waals surface area contributed by atoms with Crippen molar-refractivity contribution in [3.63, 3.8) is 0 Å². The zero-order valence-electron chi connectivity index (χ0n) is 16.9. The molecule has 0 aliphatic carbocycles. The van der Waals surface area contributed by atoms with E-state index < -0.39 is 53.0 Å². The number of aromatic nitrogens is 2. The third-order valence-corrected chi connectivity index (χ3v) is 9.34. The van der Waals surface area contributed by atoms with E-state index in [1.165, 1.54) is 17.8 Å². The van der Waals surface area contributed by atoms with Crippen LogP contribution in [0.5, 0.6) is 0 Å². The molecule has 0 spiro atoms. The van der Waals surface area contributed by atoms with Gasteiger partial charge in [0.1, 0.15) is 23.5 Å². The van der Waals surface area contributed by atoms with Gasteiger partial charge in [-0.2, -0.15) is 9.30 Å². The lowest BCUT2D eigenvalue weighted by Crippen LogP contribution is -2.44. The summed E-state index contributed by atoms with van der Waals surface area (Å²) in [4.78, 5) is 44.8. The quantitative estimate of drug-likeness (QED) is 0.179. The highest BCUT2D eigenvalue weighted by molar-refractivity contribution is 8.08. The molecular weight excluding hydrogens is 531 g/mol. The van der Waals surface area contributed by atoms with Crippen LogP contribution in [0.25, 0.3) is 0 Å². The molecule has 2 aliphatic heterocycles. The monoisotopic (exact) mass is 553 g/mol. The summed E-state index contributed by atoms with van der Waals surface area (Å²) in [5.41, 5.74) is 4.31. The molecule has 188 valence electrons. The minimum absolute atomic E-state index is 0.0962. The van der Waals surface area contributed by atoms with Gasteiger partial charge in [-0.15, -0.1) is 0 Å². The Morgan fingerprint density at radius 3 is 2.58 bits per heavy atom. The molecule has 7 atom stereocenters. The number of rotatable bonds is 8. The molecular formula is C12H22N5O12P3S. The van der Waals surface area contributed by atoms with Gasteiger partial charge in [0.25, 0.3) is 0 Å². The lowest BCUT2D eigenvalue weighted by atomic mass is 9.96. The maximum Gasteiger partial charge on any atom is 0.488 e. The molecule has 1 aromatic heterocycles. The normalized spacial score (nSPS) is 33.5. The van der Waals surface area contributed by atoms with E-state index in [-0.39, 0.29) is 17.8 Å². The molecule has 2 aliphatic rings. The Morgan fingerprint density at radius 2 is 1.97 bits per heavy atom. The van der Waals surface area contributed by atoms with Crippen molar-refractivity contribution >= 4 is 45.9 Å². The van der Waals surface area contributed by atoms with Crippen molar-refractivity contribution < 1.29 is 56.8 Å². The third-order valence-electron chi connectivity index (χ3n) is 4.62. The molecule has 0 radical (unpaired) electrons. The third kappa shape index (κ3) is 6.07. The van der Waals surface area contributed by atoms with Gasteiger partial charge in [0.15, 0.2) is 18.0 Å². The highest BCUT2D eigenvalue weighted by Crippen LogP contribution is 2.66. The summed E-state index contributed by atoms with van der Waals surface area (Å²) < 4.78 is 41.8. The smallest absolute Gasteiger partial charge is 0.387 e. The molecule has 3 unspecified atom stereocenters. The predicted molar refractivity (Wildman–Crippen MR) is 112 cm³/mol. The fraction of sp³-hybridized carbons (Fsp3) is 0.667. The molecule has 1 aromatic rings. The van der Waals surface area contributed by atoms with E-state index in [0.29, 0.717) is 5.69 Å². The molecule has 0 amide bonds. The zero-order chi connectivity index (χ0) is 25.0. The van der Waals surface area contributed by atoms with Crippen LogP contribution in [0.4, 0.5) is 5.82 Å². The van der Waals surface area contributed by atoms with Crippen LogP contribution < -0.4 is 11.1 Å². The van der Waals surface area contributed by atoms with Crippen LogP contribution in [0, 0.1) is 0 Å². The summed E-state index contributed by atoms with van der Waals surface area (Å²) in [6.45, 7) is -2.34. The van der Waals surface area contributed by atoms with Gasteiger partial charge in [-0.25, -0.2) is 18.4 Å². The Bertz CT molecular complexity index is 1090. The van der Waals surface area contributed by atoms with Crippen LogP contribution in [-0.2, 0) is 38.8 Å². The van der Waals surface area contributed by atoms with Crippen LogP contribution in [0.1, 0.15) is 31.8 Å². The number of nitrogens with zero attached hydrogens (tertiary/aromatic N) is 3. The fourth-order valence-corrected chi connectivity index (χ4v) is 7.22. The fourth-order valence-electron chi connectivity index (χ4n) is 3.25. The van der Waals surface area contributed by atoms with Crippen molar-refractivity contribution in [2.75, 3.05) is 6.61 Å². The number of nitrogens with two attached hydrogens (primary N) is 1. The summed E-state index contributed by atoms with van der Waals surface area (Å²) in [7, 11) is -11.0. The minimum Gasteiger partial charge on any atom is -0.387 e. The maximum atomic E-state index is 11.6. The van der Waals surface area contributed by atoms with Crippen molar-refractivity contribution in [2.24, 2.45) is 10.7 Å². The Kier molecular flexibility index (Phi) is 7.31.